The Labute approximate surface area is 121 Å². The lowest BCUT2D eigenvalue weighted by atomic mass is 10.1. The highest BCUT2D eigenvalue weighted by atomic mass is 16.6. The number of likely N-dealkylation sites (tertiary alicyclic amines) is 1. The number of nitrogens with one attached hydrogen (secondary N) is 1. The van der Waals surface area contributed by atoms with Gasteiger partial charge in [-0.05, 0) is 32.8 Å². The average Bonchev–Trinajstić information content (AvgIpc) is 2.83. The lowest BCUT2D eigenvalue weighted by molar-refractivity contribution is 0.103. The predicted molar refractivity (Wildman–Crippen MR) is 79.5 cm³/mol. The maximum atomic E-state index is 12.0. The lowest BCUT2D eigenvalue weighted by Crippen LogP contribution is -2.45. The minimum absolute atomic E-state index is 0.0780. The van der Waals surface area contributed by atoms with Crippen molar-refractivity contribution in [3.05, 3.63) is 35.9 Å². The number of hydrogen-bond donors (Lipinski definition) is 1. The molecule has 1 atom stereocenters. The fourth-order valence-electron chi connectivity index (χ4n) is 2.47. The molecule has 1 amide bonds. The molecule has 4 nitrogen and oxygen atoms in total. The van der Waals surface area contributed by atoms with Gasteiger partial charge in [0, 0.05) is 24.7 Å². The summed E-state index contributed by atoms with van der Waals surface area (Å²) in [5.41, 5.74) is 1.10. The van der Waals surface area contributed by atoms with E-state index < -0.39 is 0 Å². The molecule has 1 fully saturated rings. The van der Waals surface area contributed by atoms with Crippen molar-refractivity contribution in [1.82, 2.24) is 10.2 Å². The standard InChI is InChI=1S/C16H24N2O2/c1-16(2,3)17-14-9-10-18(11-14)15(19)20-12-13-7-5-4-6-8-13/h4-8,14,17H,9-12H2,1-3H3/t14-/m0/s1. The van der Waals surface area contributed by atoms with E-state index in [-0.39, 0.29) is 11.6 Å². The molecule has 0 aliphatic carbocycles. The first-order valence-electron chi connectivity index (χ1n) is 7.17. The molecular weight excluding hydrogens is 252 g/mol. The Morgan fingerprint density at radius 1 is 1.35 bits per heavy atom. The number of ether oxygens (including phenoxy) is 1. The molecule has 20 heavy (non-hydrogen) atoms. The third kappa shape index (κ3) is 4.53. The monoisotopic (exact) mass is 276 g/mol. The second-order valence-corrected chi connectivity index (χ2v) is 6.37. The van der Waals surface area contributed by atoms with E-state index in [1.807, 2.05) is 30.3 Å². The van der Waals surface area contributed by atoms with Crippen LogP contribution in [0.4, 0.5) is 4.79 Å². The molecule has 4 heteroatoms. The van der Waals surface area contributed by atoms with Gasteiger partial charge in [-0.15, -0.1) is 0 Å². The zero-order valence-electron chi connectivity index (χ0n) is 12.6. The van der Waals surface area contributed by atoms with Crippen molar-refractivity contribution in [2.75, 3.05) is 13.1 Å². The number of carbonyl (C=O) groups excluding carboxylic acids is 1. The van der Waals surface area contributed by atoms with E-state index in [0.29, 0.717) is 12.6 Å². The number of hydrogen-bond acceptors (Lipinski definition) is 3. The molecule has 0 spiro atoms. The summed E-state index contributed by atoms with van der Waals surface area (Å²) < 4.78 is 5.35. The van der Waals surface area contributed by atoms with Crippen LogP contribution in [0.1, 0.15) is 32.8 Å². The van der Waals surface area contributed by atoms with Crippen molar-refractivity contribution < 1.29 is 9.53 Å². The number of carbonyl (C=O) groups is 1. The summed E-state index contributed by atoms with van der Waals surface area (Å²) in [7, 11) is 0. The Morgan fingerprint density at radius 3 is 2.70 bits per heavy atom. The van der Waals surface area contributed by atoms with Gasteiger partial charge in [0.2, 0.25) is 0 Å². The van der Waals surface area contributed by atoms with Crippen molar-refractivity contribution in [2.24, 2.45) is 0 Å². The van der Waals surface area contributed by atoms with Gasteiger partial charge in [0.15, 0.2) is 0 Å². The van der Waals surface area contributed by atoms with Gasteiger partial charge in [-0.25, -0.2) is 4.79 Å². The summed E-state index contributed by atoms with van der Waals surface area (Å²) in [6.07, 6.45) is 0.768. The molecule has 1 N–H and O–H groups in total. The van der Waals surface area contributed by atoms with Crippen molar-refractivity contribution in [1.29, 1.82) is 0 Å². The van der Waals surface area contributed by atoms with Crippen LogP contribution < -0.4 is 5.32 Å². The molecule has 1 saturated heterocycles. The van der Waals surface area contributed by atoms with Crippen LogP contribution in [0.2, 0.25) is 0 Å². The number of amides is 1. The van der Waals surface area contributed by atoms with Gasteiger partial charge in [0.1, 0.15) is 6.61 Å². The van der Waals surface area contributed by atoms with E-state index in [2.05, 4.69) is 26.1 Å². The SMILES string of the molecule is CC(C)(C)N[C@H]1CCN(C(=O)OCc2ccccc2)C1. The van der Waals surface area contributed by atoms with Crippen LogP contribution in [0.3, 0.4) is 0 Å². The summed E-state index contributed by atoms with van der Waals surface area (Å²) in [5, 5.41) is 3.53. The zero-order valence-corrected chi connectivity index (χ0v) is 12.6. The highest BCUT2D eigenvalue weighted by Crippen LogP contribution is 2.14. The molecule has 1 aromatic carbocycles. The van der Waals surface area contributed by atoms with Gasteiger partial charge in [0.25, 0.3) is 0 Å². The summed E-state index contributed by atoms with van der Waals surface area (Å²) >= 11 is 0. The normalized spacial score (nSPS) is 19.1. The molecule has 0 saturated carbocycles. The number of benzene rings is 1. The smallest absolute Gasteiger partial charge is 0.410 e. The molecular formula is C16H24N2O2. The van der Waals surface area contributed by atoms with E-state index in [9.17, 15) is 4.79 Å². The van der Waals surface area contributed by atoms with Crippen LogP contribution in [0.15, 0.2) is 30.3 Å². The molecule has 0 bridgehead atoms. The van der Waals surface area contributed by atoms with Gasteiger partial charge >= 0.3 is 6.09 Å². The van der Waals surface area contributed by atoms with Gasteiger partial charge < -0.3 is 15.0 Å². The highest BCUT2D eigenvalue weighted by Gasteiger charge is 2.29. The van der Waals surface area contributed by atoms with E-state index in [0.717, 1.165) is 25.1 Å². The third-order valence-corrected chi connectivity index (χ3v) is 3.29. The van der Waals surface area contributed by atoms with Gasteiger partial charge in [-0.3, -0.25) is 0 Å². The summed E-state index contributed by atoms with van der Waals surface area (Å²) in [6, 6.07) is 10.1. The molecule has 0 aromatic heterocycles. The first kappa shape index (κ1) is 14.9. The molecule has 1 aliphatic rings. The van der Waals surface area contributed by atoms with Crippen molar-refractivity contribution >= 4 is 6.09 Å². The topological polar surface area (TPSA) is 41.6 Å². The Morgan fingerprint density at radius 2 is 2.05 bits per heavy atom. The molecule has 1 aliphatic heterocycles. The molecule has 110 valence electrons. The predicted octanol–water partition coefficient (Wildman–Crippen LogP) is 2.79. The molecule has 1 aromatic rings. The second kappa shape index (κ2) is 6.27. The zero-order chi connectivity index (χ0) is 14.6. The van der Waals surface area contributed by atoms with Crippen molar-refractivity contribution in [3.8, 4) is 0 Å². The minimum Gasteiger partial charge on any atom is -0.445 e. The van der Waals surface area contributed by atoms with Crippen LogP contribution in [0.5, 0.6) is 0 Å². The van der Waals surface area contributed by atoms with Crippen LogP contribution in [-0.4, -0.2) is 35.7 Å². The van der Waals surface area contributed by atoms with Crippen molar-refractivity contribution in [2.45, 2.75) is 45.4 Å². The minimum atomic E-state index is -0.216. The van der Waals surface area contributed by atoms with E-state index in [1.165, 1.54) is 0 Å². The number of nitrogens with zero attached hydrogens (tertiary/aromatic N) is 1. The molecule has 0 radical (unpaired) electrons. The summed E-state index contributed by atoms with van der Waals surface area (Å²) in [4.78, 5) is 13.8. The summed E-state index contributed by atoms with van der Waals surface area (Å²) in [6.45, 7) is 8.26. The first-order valence-corrected chi connectivity index (χ1v) is 7.17. The maximum Gasteiger partial charge on any atom is 0.410 e. The third-order valence-electron chi connectivity index (χ3n) is 3.29. The second-order valence-electron chi connectivity index (χ2n) is 6.37. The molecule has 1 heterocycles. The number of rotatable bonds is 3. The Balaban J connectivity index is 1.77. The van der Waals surface area contributed by atoms with Crippen LogP contribution >= 0.6 is 0 Å². The Kier molecular flexibility index (Phi) is 4.65. The molecule has 0 unspecified atom stereocenters. The van der Waals surface area contributed by atoms with Crippen LogP contribution in [0.25, 0.3) is 0 Å². The fourth-order valence-corrected chi connectivity index (χ4v) is 2.47. The van der Waals surface area contributed by atoms with Crippen LogP contribution in [0, 0.1) is 0 Å². The highest BCUT2D eigenvalue weighted by molar-refractivity contribution is 5.68. The largest absolute Gasteiger partial charge is 0.445 e. The lowest BCUT2D eigenvalue weighted by Gasteiger charge is -2.25. The van der Waals surface area contributed by atoms with Crippen LogP contribution in [-0.2, 0) is 11.3 Å². The van der Waals surface area contributed by atoms with Gasteiger partial charge in [0.05, 0.1) is 0 Å². The van der Waals surface area contributed by atoms with E-state index in [4.69, 9.17) is 4.74 Å². The average molecular weight is 276 g/mol. The van der Waals surface area contributed by atoms with Crippen molar-refractivity contribution in [3.63, 3.8) is 0 Å². The van der Waals surface area contributed by atoms with Gasteiger partial charge in [-0.1, -0.05) is 30.3 Å². The van der Waals surface area contributed by atoms with E-state index >= 15 is 0 Å². The van der Waals surface area contributed by atoms with E-state index in [1.54, 1.807) is 4.90 Å². The molecule has 2 rings (SSSR count). The summed E-state index contributed by atoms with van der Waals surface area (Å²) in [5.74, 6) is 0. The maximum absolute atomic E-state index is 12.0. The Bertz CT molecular complexity index is 440. The Hall–Kier alpha value is -1.55. The quantitative estimate of drug-likeness (QED) is 0.923. The first-order chi connectivity index (χ1) is 9.44. The fraction of sp³-hybridized carbons (Fsp3) is 0.562. The van der Waals surface area contributed by atoms with Gasteiger partial charge in [-0.2, -0.15) is 0 Å².